The molecule has 0 saturated carbocycles. The molecule has 0 aliphatic rings. The van der Waals surface area contributed by atoms with Gasteiger partial charge in [-0.15, -0.1) is 0 Å². The van der Waals surface area contributed by atoms with Gasteiger partial charge in [0.1, 0.15) is 5.75 Å². The molecule has 0 amide bonds. The standard InChI is InChI=1S/C11H13N3O/c12-6-5-10-7-13-8-14(10)9-1-3-11(15)4-2-9/h1-4,7-8,15H,5-6,12H2. The average molecular weight is 203 g/mol. The van der Waals surface area contributed by atoms with Crippen molar-refractivity contribution in [1.82, 2.24) is 9.55 Å². The van der Waals surface area contributed by atoms with Crippen molar-refractivity contribution >= 4 is 0 Å². The van der Waals surface area contributed by atoms with Crippen molar-refractivity contribution in [1.29, 1.82) is 0 Å². The van der Waals surface area contributed by atoms with Gasteiger partial charge < -0.3 is 15.4 Å². The van der Waals surface area contributed by atoms with Gasteiger partial charge in [0.25, 0.3) is 0 Å². The maximum Gasteiger partial charge on any atom is 0.115 e. The highest BCUT2D eigenvalue weighted by Gasteiger charge is 2.02. The second-order valence-corrected chi connectivity index (χ2v) is 3.31. The third-order valence-electron chi connectivity index (χ3n) is 2.24. The van der Waals surface area contributed by atoms with Crippen LogP contribution in [0.2, 0.25) is 0 Å². The zero-order valence-electron chi connectivity index (χ0n) is 8.30. The van der Waals surface area contributed by atoms with Crippen LogP contribution in [0.25, 0.3) is 5.69 Å². The van der Waals surface area contributed by atoms with E-state index in [9.17, 15) is 5.11 Å². The van der Waals surface area contributed by atoms with E-state index in [-0.39, 0.29) is 5.75 Å². The molecule has 0 spiro atoms. The number of benzene rings is 1. The van der Waals surface area contributed by atoms with Crippen molar-refractivity contribution in [3.05, 3.63) is 42.5 Å². The molecule has 3 N–H and O–H groups in total. The molecule has 2 rings (SSSR count). The van der Waals surface area contributed by atoms with Crippen LogP contribution >= 0.6 is 0 Å². The minimum atomic E-state index is 0.263. The lowest BCUT2D eigenvalue weighted by atomic mass is 10.2. The van der Waals surface area contributed by atoms with E-state index in [1.54, 1.807) is 24.7 Å². The van der Waals surface area contributed by atoms with Crippen LogP contribution in [0.4, 0.5) is 0 Å². The number of aromatic hydroxyl groups is 1. The summed E-state index contributed by atoms with van der Waals surface area (Å²) in [5, 5.41) is 9.18. The average Bonchev–Trinajstić information content (AvgIpc) is 2.68. The van der Waals surface area contributed by atoms with Crippen molar-refractivity contribution in [3.8, 4) is 11.4 Å². The van der Waals surface area contributed by atoms with Crippen LogP contribution < -0.4 is 5.73 Å². The molecule has 0 atom stereocenters. The van der Waals surface area contributed by atoms with Gasteiger partial charge in [0.15, 0.2) is 0 Å². The molecular weight excluding hydrogens is 190 g/mol. The minimum Gasteiger partial charge on any atom is -0.508 e. The summed E-state index contributed by atoms with van der Waals surface area (Å²) in [5.41, 5.74) is 7.56. The molecule has 15 heavy (non-hydrogen) atoms. The zero-order valence-corrected chi connectivity index (χ0v) is 8.30. The molecular formula is C11H13N3O. The van der Waals surface area contributed by atoms with E-state index in [1.807, 2.05) is 16.7 Å². The summed E-state index contributed by atoms with van der Waals surface area (Å²) in [7, 11) is 0. The summed E-state index contributed by atoms with van der Waals surface area (Å²) in [6, 6.07) is 7.00. The zero-order chi connectivity index (χ0) is 10.7. The van der Waals surface area contributed by atoms with Crippen molar-refractivity contribution in [3.63, 3.8) is 0 Å². The first-order valence-electron chi connectivity index (χ1n) is 4.82. The van der Waals surface area contributed by atoms with Gasteiger partial charge in [0, 0.05) is 24.0 Å². The van der Waals surface area contributed by atoms with Crippen molar-refractivity contribution < 1.29 is 5.11 Å². The highest BCUT2D eigenvalue weighted by atomic mass is 16.3. The van der Waals surface area contributed by atoms with E-state index in [2.05, 4.69) is 4.98 Å². The van der Waals surface area contributed by atoms with Crippen molar-refractivity contribution in [2.45, 2.75) is 6.42 Å². The van der Waals surface area contributed by atoms with E-state index in [1.165, 1.54) is 0 Å². The third kappa shape index (κ3) is 1.99. The Morgan fingerprint density at radius 2 is 2.00 bits per heavy atom. The van der Waals surface area contributed by atoms with Gasteiger partial charge in [-0.05, 0) is 30.8 Å². The number of nitrogens with zero attached hydrogens (tertiary/aromatic N) is 2. The van der Waals surface area contributed by atoms with E-state index >= 15 is 0 Å². The summed E-state index contributed by atoms with van der Waals surface area (Å²) >= 11 is 0. The molecule has 0 saturated heterocycles. The summed E-state index contributed by atoms with van der Waals surface area (Å²) in [4.78, 5) is 4.08. The number of nitrogens with two attached hydrogens (primary N) is 1. The number of imidazole rings is 1. The van der Waals surface area contributed by atoms with E-state index in [0.29, 0.717) is 6.54 Å². The van der Waals surface area contributed by atoms with Crippen molar-refractivity contribution in [2.24, 2.45) is 5.73 Å². The normalized spacial score (nSPS) is 10.5. The van der Waals surface area contributed by atoms with Crippen LogP contribution in [-0.4, -0.2) is 21.2 Å². The predicted molar refractivity (Wildman–Crippen MR) is 58.0 cm³/mol. The van der Waals surface area contributed by atoms with Gasteiger partial charge in [-0.2, -0.15) is 0 Å². The fourth-order valence-electron chi connectivity index (χ4n) is 1.50. The van der Waals surface area contributed by atoms with E-state index in [0.717, 1.165) is 17.8 Å². The van der Waals surface area contributed by atoms with Gasteiger partial charge in [-0.1, -0.05) is 0 Å². The maximum absolute atomic E-state index is 9.18. The number of aromatic nitrogens is 2. The third-order valence-corrected chi connectivity index (χ3v) is 2.24. The Labute approximate surface area is 88.0 Å². The highest BCUT2D eigenvalue weighted by Crippen LogP contribution is 2.15. The van der Waals surface area contributed by atoms with Crippen LogP contribution in [-0.2, 0) is 6.42 Å². The number of hydrogen-bond donors (Lipinski definition) is 2. The van der Waals surface area contributed by atoms with Gasteiger partial charge in [0.05, 0.1) is 6.33 Å². The highest BCUT2D eigenvalue weighted by molar-refractivity contribution is 5.38. The largest absolute Gasteiger partial charge is 0.508 e. The van der Waals surface area contributed by atoms with Crippen molar-refractivity contribution in [2.75, 3.05) is 6.54 Å². The van der Waals surface area contributed by atoms with Gasteiger partial charge in [0.2, 0.25) is 0 Å². The van der Waals surface area contributed by atoms with Crippen LogP contribution in [0.5, 0.6) is 5.75 Å². The minimum absolute atomic E-state index is 0.263. The maximum atomic E-state index is 9.18. The molecule has 78 valence electrons. The Balaban J connectivity index is 2.36. The van der Waals surface area contributed by atoms with Crippen LogP contribution in [0, 0.1) is 0 Å². The lowest BCUT2D eigenvalue weighted by molar-refractivity contribution is 0.475. The molecule has 0 fully saturated rings. The Morgan fingerprint density at radius 1 is 1.27 bits per heavy atom. The Bertz CT molecular complexity index is 433. The molecule has 4 heteroatoms. The first-order valence-corrected chi connectivity index (χ1v) is 4.82. The molecule has 1 heterocycles. The molecule has 0 aliphatic heterocycles. The van der Waals surface area contributed by atoms with Gasteiger partial charge >= 0.3 is 0 Å². The first kappa shape index (κ1) is 9.73. The second kappa shape index (κ2) is 4.14. The number of rotatable bonds is 3. The van der Waals surface area contributed by atoms with Gasteiger partial charge in [-0.25, -0.2) is 4.98 Å². The fourth-order valence-corrected chi connectivity index (χ4v) is 1.50. The topological polar surface area (TPSA) is 64.1 Å². The van der Waals surface area contributed by atoms with E-state index in [4.69, 9.17) is 5.73 Å². The molecule has 0 radical (unpaired) electrons. The molecule has 0 unspecified atom stereocenters. The van der Waals surface area contributed by atoms with E-state index < -0.39 is 0 Å². The first-order chi connectivity index (χ1) is 7.31. The lowest BCUT2D eigenvalue weighted by Gasteiger charge is -2.06. The number of hydrogen-bond acceptors (Lipinski definition) is 3. The predicted octanol–water partition coefficient (Wildman–Crippen LogP) is 1.08. The summed E-state index contributed by atoms with van der Waals surface area (Å²) in [6.07, 6.45) is 4.35. The summed E-state index contributed by atoms with van der Waals surface area (Å²) in [5.74, 6) is 0.263. The molecule has 0 bridgehead atoms. The summed E-state index contributed by atoms with van der Waals surface area (Å²) in [6.45, 7) is 0.601. The molecule has 1 aromatic carbocycles. The SMILES string of the molecule is NCCc1cncn1-c1ccc(O)cc1. The van der Waals surface area contributed by atoms with Crippen LogP contribution in [0.1, 0.15) is 5.69 Å². The quantitative estimate of drug-likeness (QED) is 0.784. The van der Waals surface area contributed by atoms with Gasteiger partial charge in [-0.3, -0.25) is 0 Å². The number of phenols is 1. The fraction of sp³-hybridized carbons (Fsp3) is 0.182. The Hall–Kier alpha value is -1.81. The number of phenolic OH excluding ortho intramolecular Hbond substituents is 1. The molecule has 1 aromatic heterocycles. The Morgan fingerprint density at radius 3 is 2.67 bits per heavy atom. The molecule has 0 aliphatic carbocycles. The smallest absolute Gasteiger partial charge is 0.115 e. The molecule has 4 nitrogen and oxygen atoms in total. The summed E-state index contributed by atoms with van der Waals surface area (Å²) < 4.78 is 1.96. The monoisotopic (exact) mass is 203 g/mol. The molecule has 2 aromatic rings. The lowest BCUT2D eigenvalue weighted by Crippen LogP contribution is -2.07. The van der Waals surface area contributed by atoms with Crippen LogP contribution in [0.3, 0.4) is 0 Å². The second-order valence-electron chi connectivity index (χ2n) is 3.31. The Kier molecular flexibility index (Phi) is 2.69. The van der Waals surface area contributed by atoms with Crippen LogP contribution in [0.15, 0.2) is 36.8 Å².